The highest BCUT2D eigenvalue weighted by atomic mass is 16.3. The minimum absolute atomic E-state index is 0.0216. The molecule has 0 aliphatic heterocycles. The molecule has 0 unspecified atom stereocenters. The zero-order valence-electron chi connectivity index (χ0n) is 6.26. The van der Waals surface area contributed by atoms with E-state index in [4.69, 9.17) is 0 Å². The molecule has 0 radical (unpaired) electrons. The van der Waals surface area contributed by atoms with Crippen molar-refractivity contribution in [3.8, 4) is 0 Å². The molecule has 0 spiro atoms. The van der Waals surface area contributed by atoms with Gasteiger partial charge in [0.05, 0.1) is 6.54 Å². The fourth-order valence-corrected chi connectivity index (χ4v) is 0.429. The van der Waals surface area contributed by atoms with Crippen LogP contribution in [0.3, 0.4) is 0 Å². The molecule has 0 bridgehead atoms. The molecular weight excluding hydrogens is 132 g/mol. The molecule has 0 fully saturated rings. The number of nitroso groups, excluding NO2 is 1. The van der Waals surface area contributed by atoms with Crippen molar-refractivity contribution in [1.82, 2.24) is 5.32 Å². The van der Waals surface area contributed by atoms with Gasteiger partial charge in [-0.15, -0.1) is 0 Å². The van der Waals surface area contributed by atoms with Gasteiger partial charge in [0.25, 0.3) is 0 Å². The van der Waals surface area contributed by atoms with Crippen LogP contribution in [-0.2, 0) is 4.79 Å². The quantitative estimate of drug-likeness (QED) is 0.462. The normalized spacial score (nSPS) is 9.50. The Labute approximate surface area is 60.0 Å². The van der Waals surface area contributed by atoms with E-state index in [1.807, 2.05) is 0 Å². The molecule has 0 heterocycles. The average Bonchev–Trinajstić information content (AvgIpc) is 1.88. The lowest BCUT2D eigenvalue weighted by Gasteiger charge is -2.03. The SMILES string of the molecule is CC(C)C(=O)NCCN=O. The monoisotopic (exact) mass is 144 g/mol. The number of carbonyl (C=O) groups is 1. The zero-order valence-corrected chi connectivity index (χ0v) is 6.26. The molecule has 4 nitrogen and oxygen atoms in total. The number of hydrogen-bond acceptors (Lipinski definition) is 3. The van der Waals surface area contributed by atoms with Crippen molar-refractivity contribution in [1.29, 1.82) is 0 Å². The Balaban J connectivity index is 3.30. The first-order valence-corrected chi connectivity index (χ1v) is 3.25. The van der Waals surface area contributed by atoms with Gasteiger partial charge >= 0.3 is 0 Å². The fourth-order valence-electron chi connectivity index (χ4n) is 0.429. The van der Waals surface area contributed by atoms with Gasteiger partial charge < -0.3 is 5.32 Å². The van der Waals surface area contributed by atoms with E-state index in [0.29, 0.717) is 6.54 Å². The number of carbonyl (C=O) groups excluding carboxylic acids is 1. The second-order valence-corrected chi connectivity index (χ2v) is 2.30. The van der Waals surface area contributed by atoms with Crippen LogP contribution in [0.5, 0.6) is 0 Å². The molecular formula is C6H12N2O2. The van der Waals surface area contributed by atoms with Crippen LogP contribution in [0.15, 0.2) is 5.18 Å². The van der Waals surface area contributed by atoms with Gasteiger partial charge in [-0.05, 0) is 0 Å². The Bertz CT molecular complexity index is 123. The Morgan fingerprint density at radius 3 is 2.60 bits per heavy atom. The van der Waals surface area contributed by atoms with Crippen LogP contribution in [0, 0.1) is 10.8 Å². The summed E-state index contributed by atoms with van der Waals surface area (Å²) in [5, 5.41) is 5.15. The Kier molecular flexibility index (Phi) is 4.45. The largest absolute Gasteiger partial charge is 0.354 e. The van der Waals surface area contributed by atoms with Crippen LogP contribution < -0.4 is 5.32 Å². The van der Waals surface area contributed by atoms with Gasteiger partial charge in [-0.3, -0.25) is 4.79 Å². The first kappa shape index (κ1) is 9.07. The van der Waals surface area contributed by atoms with Gasteiger partial charge in [0, 0.05) is 12.5 Å². The highest BCUT2D eigenvalue weighted by Crippen LogP contribution is 1.88. The van der Waals surface area contributed by atoms with Crippen LogP contribution in [0.2, 0.25) is 0 Å². The van der Waals surface area contributed by atoms with E-state index in [0.717, 1.165) is 0 Å². The molecule has 58 valence electrons. The van der Waals surface area contributed by atoms with E-state index in [1.165, 1.54) is 0 Å². The smallest absolute Gasteiger partial charge is 0.222 e. The summed E-state index contributed by atoms with van der Waals surface area (Å²) in [6.07, 6.45) is 0. The van der Waals surface area contributed by atoms with Gasteiger partial charge in [0.2, 0.25) is 5.91 Å². The van der Waals surface area contributed by atoms with Crippen molar-refractivity contribution in [2.75, 3.05) is 13.1 Å². The summed E-state index contributed by atoms with van der Waals surface area (Å²) in [6, 6.07) is 0. The van der Waals surface area contributed by atoms with Gasteiger partial charge in [-0.25, -0.2) is 0 Å². The molecule has 0 atom stereocenters. The van der Waals surface area contributed by atoms with Crippen molar-refractivity contribution >= 4 is 5.91 Å². The molecule has 0 aromatic heterocycles. The topological polar surface area (TPSA) is 58.5 Å². The van der Waals surface area contributed by atoms with Crippen LogP contribution in [0.1, 0.15) is 13.8 Å². The zero-order chi connectivity index (χ0) is 7.98. The first-order valence-electron chi connectivity index (χ1n) is 3.25. The molecule has 4 heteroatoms. The number of nitrogens with one attached hydrogen (secondary N) is 1. The van der Waals surface area contributed by atoms with E-state index >= 15 is 0 Å². The number of amides is 1. The minimum Gasteiger partial charge on any atom is -0.354 e. The molecule has 0 saturated heterocycles. The van der Waals surface area contributed by atoms with Crippen molar-refractivity contribution in [3.63, 3.8) is 0 Å². The average molecular weight is 144 g/mol. The maximum absolute atomic E-state index is 10.8. The van der Waals surface area contributed by atoms with E-state index in [1.54, 1.807) is 13.8 Å². The minimum atomic E-state index is -0.0383. The molecule has 1 amide bonds. The highest BCUT2D eigenvalue weighted by molar-refractivity contribution is 5.77. The van der Waals surface area contributed by atoms with Gasteiger partial charge in [0.15, 0.2) is 0 Å². The summed E-state index contributed by atoms with van der Waals surface area (Å²) >= 11 is 0. The van der Waals surface area contributed by atoms with Gasteiger partial charge in [-0.1, -0.05) is 19.0 Å². The summed E-state index contributed by atoms with van der Waals surface area (Å²) < 4.78 is 0. The van der Waals surface area contributed by atoms with Crippen molar-refractivity contribution in [3.05, 3.63) is 4.91 Å². The number of nitrogens with zero attached hydrogens (tertiary/aromatic N) is 1. The highest BCUT2D eigenvalue weighted by Gasteiger charge is 2.03. The van der Waals surface area contributed by atoms with Crippen molar-refractivity contribution < 1.29 is 4.79 Å². The predicted octanol–water partition coefficient (Wildman–Crippen LogP) is 0.525. The Morgan fingerprint density at radius 1 is 1.60 bits per heavy atom. The summed E-state index contributed by atoms with van der Waals surface area (Å²) in [5.74, 6) is -0.0599. The number of rotatable bonds is 4. The number of hydrogen-bond donors (Lipinski definition) is 1. The van der Waals surface area contributed by atoms with E-state index < -0.39 is 0 Å². The molecule has 0 rings (SSSR count). The summed E-state index contributed by atoms with van der Waals surface area (Å²) in [5.41, 5.74) is 0. The summed E-state index contributed by atoms with van der Waals surface area (Å²) in [7, 11) is 0. The predicted molar refractivity (Wildman–Crippen MR) is 38.5 cm³/mol. The second kappa shape index (κ2) is 4.90. The third kappa shape index (κ3) is 4.00. The van der Waals surface area contributed by atoms with Crippen LogP contribution in [0.4, 0.5) is 0 Å². The molecule has 0 aromatic rings. The van der Waals surface area contributed by atoms with Crippen LogP contribution in [0.25, 0.3) is 0 Å². The van der Waals surface area contributed by atoms with Crippen molar-refractivity contribution in [2.45, 2.75) is 13.8 Å². The third-order valence-electron chi connectivity index (χ3n) is 1.03. The first-order chi connectivity index (χ1) is 4.68. The molecule has 0 aromatic carbocycles. The van der Waals surface area contributed by atoms with E-state index in [2.05, 4.69) is 10.5 Å². The van der Waals surface area contributed by atoms with Gasteiger partial charge in [-0.2, -0.15) is 4.91 Å². The van der Waals surface area contributed by atoms with Crippen molar-refractivity contribution in [2.24, 2.45) is 11.1 Å². The maximum Gasteiger partial charge on any atom is 0.222 e. The Hall–Kier alpha value is -0.930. The maximum atomic E-state index is 10.8. The van der Waals surface area contributed by atoms with Crippen LogP contribution in [-0.4, -0.2) is 19.0 Å². The lowest BCUT2D eigenvalue weighted by molar-refractivity contribution is -0.123. The second-order valence-electron chi connectivity index (χ2n) is 2.30. The molecule has 10 heavy (non-hydrogen) atoms. The lowest BCUT2D eigenvalue weighted by atomic mass is 10.2. The summed E-state index contributed by atoms with van der Waals surface area (Å²) in [6.45, 7) is 4.09. The van der Waals surface area contributed by atoms with E-state index in [9.17, 15) is 9.70 Å². The molecule has 1 N–H and O–H groups in total. The third-order valence-corrected chi connectivity index (χ3v) is 1.03. The lowest BCUT2D eigenvalue weighted by Crippen LogP contribution is -2.29. The fraction of sp³-hybridized carbons (Fsp3) is 0.833. The van der Waals surface area contributed by atoms with Gasteiger partial charge in [0.1, 0.15) is 0 Å². The molecule has 0 saturated carbocycles. The molecule has 0 aliphatic rings. The van der Waals surface area contributed by atoms with Crippen LogP contribution >= 0.6 is 0 Å². The standard InChI is InChI=1S/C6H12N2O2/c1-5(2)6(9)7-3-4-8-10/h5H,3-4H2,1-2H3,(H,7,9). The molecule has 0 aliphatic carbocycles. The van der Waals surface area contributed by atoms with E-state index in [-0.39, 0.29) is 18.4 Å². The summed E-state index contributed by atoms with van der Waals surface area (Å²) in [4.78, 5) is 20.3. The Morgan fingerprint density at radius 2 is 2.20 bits per heavy atom.